The standard InChI is InChI=1S/C18H15P.4ClH/c1-4-10-16(11-5-1)19(17-12-6-2-7-13-17)18-14-8-3-9-15-18;;;;/h1-15H;4*1H. The summed E-state index contributed by atoms with van der Waals surface area (Å²) in [7, 11) is -0.446. The maximum Gasteiger partial charge on any atom is -0.0134 e. The number of benzene rings is 3. The molecule has 0 aliphatic carbocycles. The van der Waals surface area contributed by atoms with Gasteiger partial charge in [0.05, 0.1) is 0 Å². The summed E-state index contributed by atoms with van der Waals surface area (Å²) in [6, 6.07) is 32.3. The molecule has 0 radical (unpaired) electrons. The van der Waals surface area contributed by atoms with Gasteiger partial charge in [0.15, 0.2) is 0 Å². The summed E-state index contributed by atoms with van der Waals surface area (Å²) in [5.74, 6) is 0. The van der Waals surface area contributed by atoms with E-state index in [-0.39, 0.29) is 49.6 Å². The van der Waals surface area contributed by atoms with Crippen molar-refractivity contribution in [3.8, 4) is 0 Å². The van der Waals surface area contributed by atoms with E-state index in [1.54, 1.807) is 0 Å². The SMILES string of the molecule is Cl.Cl.Cl.Cl.c1ccc(P(c2ccccc2)c2ccccc2)cc1. The molecule has 0 saturated carbocycles. The summed E-state index contributed by atoms with van der Waals surface area (Å²) in [5.41, 5.74) is 0. The molecule has 23 heavy (non-hydrogen) atoms. The molecule has 0 unspecified atom stereocenters. The zero-order valence-corrected chi connectivity index (χ0v) is 16.4. The van der Waals surface area contributed by atoms with Crippen LogP contribution < -0.4 is 15.9 Å². The minimum absolute atomic E-state index is 0. The predicted octanol–water partition coefficient (Wildman–Crippen LogP) is 5.13. The normalized spacial score (nSPS) is 8.74. The van der Waals surface area contributed by atoms with E-state index in [0.29, 0.717) is 0 Å². The Morgan fingerprint density at radius 2 is 0.565 bits per heavy atom. The average molecular weight is 408 g/mol. The van der Waals surface area contributed by atoms with Gasteiger partial charge in [0, 0.05) is 0 Å². The third-order valence-electron chi connectivity index (χ3n) is 3.04. The van der Waals surface area contributed by atoms with Crippen LogP contribution in [0.1, 0.15) is 0 Å². The van der Waals surface area contributed by atoms with Crippen molar-refractivity contribution in [3.63, 3.8) is 0 Å². The van der Waals surface area contributed by atoms with E-state index in [1.807, 2.05) is 0 Å². The first kappa shape index (κ1) is 24.5. The third-order valence-corrected chi connectivity index (χ3v) is 5.49. The lowest BCUT2D eigenvalue weighted by Crippen LogP contribution is -2.20. The van der Waals surface area contributed by atoms with Crippen LogP contribution in [0.4, 0.5) is 0 Å². The van der Waals surface area contributed by atoms with Gasteiger partial charge in [-0.25, -0.2) is 0 Å². The van der Waals surface area contributed by atoms with E-state index in [2.05, 4.69) is 91.0 Å². The van der Waals surface area contributed by atoms with Crippen LogP contribution in [0.15, 0.2) is 91.0 Å². The van der Waals surface area contributed by atoms with Gasteiger partial charge in [-0.05, 0) is 23.8 Å². The molecule has 0 aromatic heterocycles. The largest absolute Gasteiger partial charge is 0.147 e. The first-order valence-corrected chi connectivity index (χ1v) is 7.74. The minimum atomic E-state index is -0.446. The Labute approximate surface area is 164 Å². The van der Waals surface area contributed by atoms with Crippen molar-refractivity contribution < 1.29 is 0 Å². The highest BCUT2D eigenvalue weighted by molar-refractivity contribution is 7.79. The fourth-order valence-electron chi connectivity index (χ4n) is 2.18. The van der Waals surface area contributed by atoms with Gasteiger partial charge in [0.2, 0.25) is 0 Å². The Morgan fingerprint density at radius 1 is 0.348 bits per heavy atom. The Morgan fingerprint density at radius 3 is 0.783 bits per heavy atom. The van der Waals surface area contributed by atoms with Crippen molar-refractivity contribution in [2.45, 2.75) is 0 Å². The smallest absolute Gasteiger partial charge is 0.0134 e. The second-order valence-corrected chi connectivity index (χ2v) is 6.56. The van der Waals surface area contributed by atoms with Crippen LogP contribution in [0.3, 0.4) is 0 Å². The molecule has 0 aliphatic heterocycles. The summed E-state index contributed by atoms with van der Waals surface area (Å²) in [4.78, 5) is 0. The van der Waals surface area contributed by atoms with Crippen molar-refractivity contribution in [1.29, 1.82) is 0 Å². The molecule has 0 spiro atoms. The zero-order chi connectivity index (χ0) is 12.9. The molecule has 0 amide bonds. The number of hydrogen-bond acceptors (Lipinski definition) is 0. The van der Waals surface area contributed by atoms with E-state index in [0.717, 1.165) is 0 Å². The fourth-order valence-corrected chi connectivity index (χ4v) is 4.48. The molecule has 3 aromatic rings. The summed E-state index contributed by atoms with van der Waals surface area (Å²) in [6.07, 6.45) is 0. The molecule has 0 fully saturated rings. The van der Waals surface area contributed by atoms with Gasteiger partial charge in [0.25, 0.3) is 0 Å². The van der Waals surface area contributed by atoms with Crippen molar-refractivity contribution in [2.75, 3.05) is 0 Å². The number of hydrogen-bond donors (Lipinski definition) is 0. The van der Waals surface area contributed by atoms with Gasteiger partial charge in [-0.1, -0.05) is 91.0 Å². The molecule has 3 rings (SSSR count). The van der Waals surface area contributed by atoms with Gasteiger partial charge < -0.3 is 0 Å². The lowest BCUT2D eigenvalue weighted by atomic mass is 10.4. The summed E-state index contributed by atoms with van der Waals surface area (Å²) < 4.78 is 0. The van der Waals surface area contributed by atoms with Crippen LogP contribution >= 0.6 is 57.5 Å². The number of rotatable bonds is 3. The molecule has 0 saturated heterocycles. The van der Waals surface area contributed by atoms with Crippen molar-refractivity contribution in [1.82, 2.24) is 0 Å². The molecule has 0 bridgehead atoms. The van der Waals surface area contributed by atoms with E-state index < -0.39 is 7.92 Å². The molecule has 124 valence electrons. The maximum absolute atomic E-state index is 2.23. The molecule has 0 N–H and O–H groups in total. The Balaban J connectivity index is 0. The molecular formula is C18H19Cl4P. The van der Waals surface area contributed by atoms with E-state index in [1.165, 1.54) is 15.9 Å². The van der Waals surface area contributed by atoms with Gasteiger partial charge >= 0.3 is 0 Å². The van der Waals surface area contributed by atoms with Crippen LogP contribution in [0.2, 0.25) is 0 Å². The van der Waals surface area contributed by atoms with Crippen molar-refractivity contribution >= 4 is 73.5 Å². The second kappa shape index (κ2) is 12.6. The molecule has 3 aromatic carbocycles. The van der Waals surface area contributed by atoms with Crippen molar-refractivity contribution in [2.24, 2.45) is 0 Å². The van der Waals surface area contributed by atoms with Crippen LogP contribution in [-0.4, -0.2) is 0 Å². The molecular weight excluding hydrogens is 389 g/mol. The average Bonchev–Trinajstić information content (AvgIpc) is 2.51. The van der Waals surface area contributed by atoms with Crippen LogP contribution in [0.25, 0.3) is 0 Å². The van der Waals surface area contributed by atoms with Gasteiger partial charge in [-0.3, -0.25) is 0 Å². The highest BCUT2D eigenvalue weighted by atomic mass is 35.5. The first-order valence-electron chi connectivity index (χ1n) is 6.40. The topological polar surface area (TPSA) is 0 Å². The maximum atomic E-state index is 2.23. The number of halogens is 4. The van der Waals surface area contributed by atoms with Gasteiger partial charge in [-0.15, -0.1) is 49.6 Å². The van der Waals surface area contributed by atoms with E-state index in [4.69, 9.17) is 0 Å². The molecule has 0 aliphatic rings. The van der Waals surface area contributed by atoms with E-state index in [9.17, 15) is 0 Å². The molecule has 0 atom stereocenters. The Hall–Kier alpha value is -0.750. The highest BCUT2D eigenvalue weighted by Gasteiger charge is 2.14. The Bertz CT molecular complexity index is 539. The molecule has 0 heterocycles. The lowest BCUT2D eigenvalue weighted by Gasteiger charge is -2.18. The Kier molecular flexibility index (Phi) is 13.5. The summed E-state index contributed by atoms with van der Waals surface area (Å²) >= 11 is 0. The molecule has 0 nitrogen and oxygen atoms in total. The monoisotopic (exact) mass is 406 g/mol. The minimum Gasteiger partial charge on any atom is -0.147 e. The van der Waals surface area contributed by atoms with Crippen LogP contribution in [0.5, 0.6) is 0 Å². The van der Waals surface area contributed by atoms with Gasteiger partial charge in [0.1, 0.15) is 0 Å². The van der Waals surface area contributed by atoms with Crippen LogP contribution in [-0.2, 0) is 0 Å². The fraction of sp³-hybridized carbons (Fsp3) is 0. The van der Waals surface area contributed by atoms with Gasteiger partial charge in [-0.2, -0.15) is 0 Å². The molecule has 5 heteroatoms. The highest BCUT2D eigenvalue weighted by Crippen LogP contribution is 2.32. The lowest BCUT2D eigenvalue weighted by molar-refractivity contribution is 1.74. The third kappa shape index (κ3) is 6.34. The van der Waals surface area contributed by atoms with Crippen molar-refractivity contribution in [3.05, 3.63) is 91.0 Å². The summed E-state index contributed by atoms with van der Waals surface area (Å²) in [6.45, 7) is 0. The zero-order valence-electron chi connectivity index (χ0n) is 12.2. The predicted molar refractivity (Wildman–Crippen MR) is 114 cm³/mol. The summed E-state index contributed by atoms with van der Waals surface area (Å²) in [5, 5.41) is 4.19. The second-order valence-electron chi connectivity index (χ2n) is 4.34. The van der Waals surface area contributed by atoms with E-state index >= 15 is 0 Å². The first-order chi connectivity index (χ1) is 9.45. The quantitative estimate of drug-likeness (QED) is 0.528. The van der Waals surface area contributed by atoms with Crippen LogP contribution in [0, 0.1) is 0 Å².